The molecule has 8 nitrogen and oxygen atoms in total. The second kappa shape index (κ2) is 9.40. The summed E-state index contributed by atoms with van der Waals surface area (Å²) in [4.78, 5) is 36.0. The van der Waals surface area contributed by atoms with Crippen LogP contribution in [-0.2, 0) is 32.2 Å². The molecule has 28 heavy (non-hydrogen) atoms. The largest absolute Gasteiger partial charge is 0.463 e. The first-order valence-corrected chi connectivity index (χ1v) is 8.74. The minimum absolute atomic E-state index is 0.0262. The molecule has 2 amide bonds. The van der Waals surface area contributed by atoms with E-state index in [1.807, 2.05) is 48.5 Å². The molecule has 146 valence electrons. The number of ether oxygens (including phenoxy) is 3. The van der Waals surface area contributed by atoms with Crippen molar-refractivity contribution in [3.05, 3.63) is 71.8 Å². The van der Waals surface area contributed by atoms with E-state index >= 15 is 0 Å². The second-order valence-electron chi connectivity index (χ2n) is 6.12. The van der Waals surface area contributed by atoms with E-state index in [0.29, 0.717) is 0 Å². The number of esters is 1. The number of benzene rings is 2. The first-order valence-electron chi connectivity index (χ1n) is 8.74. The maximum absolute atomic E-state index is 12.5. The molecule has 1 aliphatic heterocycles. The summed E-state index contributed by atoms with van der Waals surface area (Å²) in [5.74, 6) is -0.453. The second-order valence-corrected chi connectivity index (χ2v) is 6.12. The molecular formula is C20H20N2O6. The summed E-state index contributed by atoms with van der Waals surface area (Å²) < 4.78 is 15.3. The summed E-state index contributed by atoms with van der Waals surface area (Å²) >= 11 is 0. The summed E-state index contributed by atoms with van der Waals surface area (Å²) in [7, 11) is 0. The van der Waals surface area contributed by atoms with Gasteiger partial charge in [-0.25, -0.2) is 20.0 Å². The topological polar surface area (TPSA) is 94.2 Å². The van der Waals surface area contributed by atoms with Crippen molar-refractivity contribution >= 4 is 18.2 Å². The summed E-state index contributed by atoms with van der Waals surface area (Å²) in [5.41, 5.74) is 3.95. The van der Waals surface area contributed by atoms with E-state index in [0.717, 1.165) is 16.1 Å². The number of amides is 2. The summed E-state index contributed by atoms with van der Waals surface area (Å²) in [6.07, 6.45) is -1.68. The van der Waals surface area contributed by atoms with E-state index in [1.165, 1.54) is 0 Å². The van der Waals surface area contributed by atoms with Gasteiger partial charge in [0.25, 0.3) is 0 Å². The first-order chi connectivity index (χ1) is 13.6. The van der Waals surface area contributed by atoms with Crippen LogP contribution >= 0.6 is 0 Å². The van der Waals surface area contributed by atoms with E-state index < -0.39 is 24.2 Å². The Balaban J connectivity index is 1.58. The maximum atomic E-state index is 12.5. The van der Waals surface area contributed by atoms with Gasteiger partial charge in [0.05, 0.1) is 6.42 Å². The summed E-state index contributed by atoms with van der Waals surface area (Å²) in [6.45, 7) is 0.0380. The van der Waals surface area contributed by atoms with Crippen molar-refractivity contribution in [3.8, 4) is 0 Å². The molecule has 1 saturated heterocycles. The van der Waals surface area contributed by atoms with Crippen molar-refractivity contribution in [1.29, 1.82) is 0 Å². The SMILES string of the molecule is O=C1CC(N(NC(=O)OCc2ccccc2)C(=O)OCc2ccccc2)CO1. The van der Waals surface area contributed by atoms with Crippen molar-refractivity contribution in [2.45, 2.75) is 25.7 Å². The van der Waals surface area contributed by atoms with E-state index in [2.05, 4.69) is 5.43 Å². The van der Waals surface area contributed by atoms with Crippen molar-refractivity contribution < 1.29 is 28.6 Å². The minimum atomic E-state index is -0.833. The van der Waals surface area contributed by atoms with Crippen LogP contribution in [0, 0.1) is 0 Å². The van der Waals surface area contributed by atoms with Crippen LogP contribution in [0.4, 0.5) is 9.59 Å². The van der Waals surface area contributed by atoms with Crippen molar-refractivity contribution in [2.24, 2.45) is 0 Å². The lowest BCUT2D eigenvalue weighted by atomic mass is 10.2. The Bertz CT molecular complexity index is 812. The molecule has 0 aromatic heterocycles. The molecule has 1 heterocycles. The normalized spacial score (nSPS) is 15.4. The highest BCUT2D eigenvalue weighted by atomic mass is 16.6. The molecule has 1 unspecified atom stereocenters. The van der Waals surface area contributed by atoms with Gasteiger partial charge < -0.3 is 14.2 Å². The number of hydrogen-bond acceptors (Lipinski definition) is 6. The molecule has 0 radical (unpaired) electrons. The molecule has 1 N–H and O–H groups in total. The van der Waals surface area contributed by atoms with Gasteiger partial charge in [0.15, 0.2) is 0 Å². The van der Waals surface area contributed by atoms with Gasteiger partial charge in [-0.05, 0) is 11.1 Å². The number of nitrogens with zero attached hydrogens (tertiary/aromatic N) is 1. The highest BCUT2D eigenvalue weighted by Gasteiger charge is 2.35. The van der Waals surface area contributed by atoms with Gasteiger partial charge in [-0.2, -0.15) is 0 Å². The molecule has 0 spiro atoms. The van der Waals surface area contributed by atoms with Crippen LogP contribution in [0.5, 0.6) is 0 Å². The van der Waals surface area contributed by atoms with Crippen LogP contribution in [0.2, 0.25) is 0 Å². The third kappa shape index (κ3) is 5.47. The van der Waals surface area contributed by atoms with E-state index in [-0.39, 0.29) is 26.2 Å². The van der Waals surface area contributed by atoms with Gasteiger partial charge in [0.2, 0.25) is 0 Å². The third-order valence-electron chi connectivity index (χ3n) is 4.03. The molecule has 2 aromatic carbocycles. The van der Waals surface area contributed by atoms with Crippen LogP contribution in [0.15, 0.2) is 60.7 Å². The van der Waals surface area contributed by atoms with Gasteiger partial charge in [-0.1, -0.05) is 60.7 Å². The Morgan fingerprint density at radius 1 is 0.964 bits per heavy atom. The zero-order chi connectivity index (χ0) is 19.8. The minimum Gasteiger partial charge on any atom is -0.463 e. The predicted molar refractivity (Wildman–Crippen MR) is 97.6 cm³/mol. The fourth-order valence-corrected chi connectivity index (χ4v) is 2.59. The molecule has 1 aliphatic rings. The molecule has 8 heteroatoms. The highest BCUT2D eigenvalue weighted by Crippen LogP contribution is 2.14. The lowest BCUT2D eigenvalue weighted by Gasteiger charge is -2.26. The van der Waals surface area contributed by atoms with Gasteiger partial charge in [-0.15, -0.1) is 0 Å². The summed E-state index contributed by atoms with van der Waals surface area (Å²) in [5, 5.41) is 0.946. The molecule has 0 bridgehead atoms. The number of hydrogen-bond donors (Lipinski definition) is 1. The van der Waals surface area contributed by atoms with E-state index in [9.17, 15) is 14.4 Å². The van der Waals surface area contributed by atoms with Gasteiger partial charge in [-0.3, -0.25) is 4.79 Å². The molecule has 3 rings (SSSR count). The fourth-order valence-electron chi connectivity index (χ4n) is 2.59. The zero-order valence-corrected chi connectivity index (χ0v) is 15.1. The predicted octanol–water partition coefficient (Wildman–Crippen LogP) is 2.78. The molecule has 1 fully saturated rings. The van der Waals surface area contributed by atoms with Gasteiger partial charge >= 0.3 is 18.2 Å². The molecule has 2 aromatic rings. The fraction of sp³-hybridized carbons (Fsp3) is 0.250. The number of nitrogens with one attached hydrogen (secondary N) is 1. The summed E-state index contributed by atoms with van der Waals surface area (Å²) in [6, 6.07) is 17.6. The van der Waals surface area contributed by atoms with E-state index in [4.69, 9.17) is 14.2 Å². The average molecular weight is 384 g/mol. The maximum Gasteiger partial charge on any atom is 0.429 e. The number of hydrazine groups is 1. The Labute approximate surface area is 162 Å². The van der Waals surface area contributed by atoms with Crippen molar-refractivity contribution in [1.82, 2.24) is 10.4 Å². The Kier molecular flexibility index (Phi) is 6.46. The lowest BCUT2D eigenvalue weighted by Crippen LogP contribution is -2.52. The third-order valence-corrected chi connectivity index (χ3v) is 4.03. The first kappa shape index (κ1) is 19.2. The van der Waals surface area contributed by atoms with Gasteiger partial charge in [0, 0.05) is 0 Å². The van der Waals surface area contributed by atoms with Crippen molar-refractivity contribution in [3.63, 3.8) is 0 Å². The molecule has 0 saturated carbocycles. The van der Waals surface area contributed by atoms with Crippen LogP contribution in [0.1, 0.15) is 17.5 Å². The number of carbonyl (C=O) groups excluding carboxylic acids is 3. The van der Waals surface area contributed by atoms with Crippen LogP contribution in [0.25, 0.3) is 0 Å². The van der Waals surface area contributed by atoms with Crippen molar-refractivity contribution in [2.75, 3.05) is 6.61 Å². The zero-order valence-electron chi connectivity index (χ0n) is 15.1. The molecule has 0 aliphatic carbocycles. The number of rotatable bonds is 5. The van der Waals surface area contributed by atoms with Crippen LogP contribution < -0.4 is 5.43 Å². The number of cyclic esters (lactones) is 1. The Morgan fingerprint density at radius 3 is 2.07 bits per heavy atom. The monoisotopic (exact) mass is 384 g/mol. The Hall–Kier alpha value is -3.55. The highest BCUT2D eigenvalue weighted by molar-refractivity contribution is 5.77. The smallest absolute Gasteiger partial charge is 0.429 e. The quantitative estimate of drug-likeness (QED) is 0.484. The molecular weight excluding hydrogens is 364 g/mol. The number of carbonyl (C=O) groups is 3. The standard InChI is InChI=1S/C20H20N2O6/c23-18-11-17(14-26-18)22(20(25)28-13-16-9-5-2-6-10-16)21-19(24)27-12-15-7-3-1-4-8-15/h1-10,17H,11-14H2,(H,21,24). The average Bonchev–Trinajstić information content (AvgIpc) is 3.16. The van der Waals surface area contributed by atoms with Crippen LogP contribution in [-0.4, -0.2) is 35.8 Å². The van der Waals surface area contributed by atoms with Crippen LogP contribution in [0.3, 0.4) is 0 Å². The lowest BCUT2D eigenvalue weighted by molar-refractivity contribution is -0.137. The Morgan fingerprint density at radius 2 is 1.54 bits per heavy atom. The molecule has 1 atom stereocenters. The van der Waals surface area contributed by atoms with E-state index in [1.54, 1.807) is 12.1 Å². The van der Waals surface area contributed by atoms with Gasteiger partial charge in [0.1, 0.15) is 25.9 Å².